The summed E-state index contributed by atoms with van der Waals surface area (Å²) in [5.41, 5.74) is 0.835. The van der Waals surface area contributed by atoms with Gasteiger partial charge in [0.25, 0.3) is 5.56 Å². The summed E-state index contributed by atoms with van der Waals surface area (Å²) in [7, 11) is 0. The van der Waals surface area contributed by atoms with Crippen molar-refractivity contribution in [1.29, 1.82) is 0 Å². The highest BCUT2D eigenvalue weighted by atomic mass is 32.1. The number of hydrogen-bond donors (Lipinski definition) is 2. The van der Waals surface area contributed by atoms with Crippen LogP contribution >= 0.6 is 11.3 Å². The van der Waals surface area contributed by atoms with Gasteiger partial charge >= 0.3 is 0 Å². The van der Waals surface area contributed by atoms with Crippen LogP contribution in [0.1, 0.15) is 23.4 Å². The highest BCUT2D eigenvalue weighted by Crippen LogP contribution is 2.09. The van der Waals surface area contributed by atoms with E-state index in [4.69, 9.17) is 0 Å². The number of anilines is 1. The first-order chi connectivity index (χ1) is 8.17. The second-order valence-corrected chi connectivity index (χ2v) is 4.70. The van der Waals surface area contributed by atoms with Crippen LogP contribution in [-0.2, 0) is 13.0 Å². The summed E-state index contributed by atoms with van der Waals surface area (Å²) in [4.78, 5) is 22.6. The number of nitrogens with zero attached hydrogens (tertiary/aromatic N) is 2. The third kappa shape index (κ3) is 3.13. The Morgan fingerprint density at radius 2 is 2.29 bits per heavy atom. The fraction of sp³-hybridized carbons (Fsp3) is 0.364. The van der Waals surface area contributed by atoms with Gasteiger partial charge in [0, 0.05) is 17.9 Å². The van der Waals surface area contributed by atoms with Crippen molar-refractivity contribution in [2.45, 2.75) is 26.8 Å². The van der Waals surface area contributed by atoms with Gasteiger partial charge in [0.1, 0.15) is 11.6 Å². The topological polar surface area (TPSA) is 70.7 Å². The second-order valence-electron chi connectivity index (χ2n) is 3.64. The van der Waals surface area contributed by atoms with Crippen molar-refractivity contribution in [3.05, 3.63) is 38.3 Å². The average molecular weight is 250 g/mol. The molecular weight excluding hydrogens is 236 g/mol. The molecule has 0 atom stereocenters. The van der Waals surface area contributed by atoms with E-state index in [0.717, 1.165) is 10.7 Å². The fourth-order valence-electron chi connectivity index (χ4n) is 1.44. The molecule has 0 aliphatic rings. The average Bonchev–Trinajstić information content (AvgIpc) is 2.72. The van der Waals surface area contributed by atoms with Gasteiger partial charge in [0.2, 0.25) is 0 Å². The maximum atomic E-state index is 11.3. The van der Waals surface area contributed by atoms with Crippen LogP contribution < -0.4 is 10.9 Å². The van der Waals surface area contributed by atoms with Gasteiger partial charge in [-0.2, -0.15) is 0 Å². The molecule has 0 spiro atoms. The molecule has 0 fully saturated rings. The molecule has 0 saturated heterocycles. The summed E-state index contributed by atoms with van der Waals surface area (Å²) in [5.74, 6) is 1.28. The number of rotatable bonds is 4. The number of aromatic amines is 1. The fourth-order valence-corrected chi connectivity index (χ4v) is 2.05. The van der Waals surface area contributed by atoms with Crippen LogP contribution in [0.2, 0.25) is 0 Å². The number of H-pyrrole nitrogens is 1. The lowest BCUT2D eigenvalue weighted by Crippen LogP contribution is -2.13. The Morgan fingerprint density at radius 3 is 2.94 bits per heavy atom. The van der Waals surface area contributed by atoms with E-state index in [9.17, 15) is 4.79 Å². The number of hydrogen-bond acceptors (Lipinski definition) is 5. The van der Waals surface area contributed by atoms with Crippen molar-refractivity contribution in [3.8, 4) is 0 Å². The van der Waals surface area contributed by atoms with Crippen molar-refractivity contribution in [2.75, 3.05) is 5.32 Å². The summed E-state index contributed by atoms with van der Waals surface area (Å²) in [6, 6.07) is 1.46. The standard InChI is InChI=1S/C11H14N4OS/c1-3-9-14-10(4-11(16)15-9)12-5-8-6-17-7(2)13-8/h4,6H,3,5H2,1-2H3,(H2,12,14,15,16). The molecule has 2 N–H and O–H groups in total. The first-order valence-corrected chi connectivity index (χ1v) is 6.30. The smallest absolute Gasteiger partial charge is 0.252 e. The molecule has 6 heteroatoms. The van der Waals surface area contributed by atoms with E-state index < -0.39 is 0 Å². The molecule has 0 saturated carbocycles. The highest BCUT2D eigenvalue weighted by Gasteiger charge is 2.01. The van der Waals surface area contributed by atoms with Crippen LogP contribution in [0.5, 0.6) is 0 Å². The molecular formula is C11H14N4OS. The summed E-state index contributed by atoms with van der Waals surface area (Å²) in [6.45, 7) is 4.50. The van der Waals surface area contributed by atoms with Crippen LogP contribution in [0, 0.1) is 6.92 Å². The summed E-state index contributed by atoms with van der Waals surface area (Å²) < 4.78 is 0. The molecule has 2 aromatic rings. The number of thiazole rings is 1. The van der Waals surface area contributed by atoms with Gasteiger partial charge in [0.05, 0.1) is 17.2 Å². The van der Waals surface area contributed by atoms with Gasteiger partial charge in [-0.05, 0) is 6.92 Å². The zero-order chi connectivity index (χ0) is 12.3. The maximum Gasteiger partial charge on any atom is 0.252 e. The molecule has 0 radical (unpaired) electrons. The molecule has 0 bridgehead atoms. The molecule has 2 rings (SSSR count). The molecule has 0 amide bonds. The van der Waals surface area contributed by atoms with Crippen molar-refractivity contribution >= 4 is 17.2 Å². The Bertz CT molecular complexity index is 561. The van der Waals surface area contributed by atoms with E-state index in [0.29, 0.717) is 24.6 Å². The van der Waals surface area contributed by atoms with E-state index in [-0.39, 0.29) is 5.56 Å². The van der Waals surface area contributed by atoms with Gasteiger partial charge in [-0.25, -0.2) is 9.97 Å². The molecule has 5 nitrogen and oxygen atoms in total. The number of aromatic nitrogens is 3. The van der Waals surface area contributed by atoms with E-state index in [2.05, 4.69) is 20.3 Å². The Kier molecular flexibility index (Phi) is 3.53. The van der Waals surface area contributed by atoms with Gasteiger partial charge in [-0.15, -0.1) is 11.3 Å². The lowest BCUT2D eigenvalue weighted by molar-refractivity contribution is 0.911. The first-order valence-electron chi connectivity index (χ1n) is 5.42. The molecule has 90 valence electrons. The second kappa shape index (κ2) is 5.09. The molecule has 2 aromatic heterocycles. The third-order valence-corrected chi connectivity index (χ3v) is 3.07. The number of aryl methyl sites for hydroxylation is 2. The first kappa shape index (κ1) is 11.8. The monoisotopic (exact) mass is 250 g/mol. The minimum atomic E-state index is -0.131. The van der Waals surface area contributed by atoms with E-state index in [1.165, 1.54) is 6.07 Å². The number of nitrogens with one attached hydrogen (secondary N) is 2. The molecule has 0 aliphatic carbocycles. The Morgan fingerprint density at radius 1 is 1.47 bits per heavy atom. The van der Waals surface area contributed by atoms with Gasteiger partial charge in [0.15, 0.2) is 0 Å². The van der Waals surface area contributed by atoms with E-state index in [1.807, 2.05) is 19.2 Å². The lowest BCUT2D eigenvalue weighted by Gasteiger charge is -2.04. The van der Waals surface area contributed by atoms with Crippen LogP contribution in [0.25, 0.3) is 0 Å². The lowest BCUT2D eigenvalue weighted by atomic mass is 10.4. The van der Waals surface area contributed by atoms with Crippen LogP contribution in [0.3, 0.4) is 0 Å². The molecule has 0 unspecified atom stereocenters. The van der Waals surface area contributed by atoms with Gasteiger partial charge in [-0.3, -0.25) is 4.79 Å². The maximum absolute atomic E-state index is 11.3. The normalized spacial score (nSPS) is 10.5. The van der Waals surface area contributed by atoms with E-state index in [1.54, 1.807) is 11.3 Å². The largest absolute Gasteiger partial charge is 0.364 e. The minimum absolute atomic E-state index is 0.131. The van der Waals surface area contributed by atoms with Crippen molar-refractivity contribution in [2.24, 2.45) is 0 Å². The predicted molar refractivity (Wildman–Crippen MR) is 68.4 cm³/mol. The van der Waals surface area contributed by atoms with Crippen molar-refractivity contribution < 1.29 is 0 Å². The molecule has 0 aromatic carbocycles. The summed E-state index contributed by atoms with van der Waals surface area (Å²) >= 11 is 1.61. The summed E-state index contributed by atoms with van der Waals surface area (Å²) in [5, 5.41) is 6.14. The van der Waals surface area contributed by atoms with Gasteiger partial charge < -0.3 is 10.3 Å². The zero-order valence-corrected chi connectivity index (χ0v) is 10.6. The molecule has 17 heavy (non-hydrogen) atoms. The Labute approximate surface area is 103 Å². The Hall–Kier alpha value is -1.69. The highest BCUT2D eigenvalue weighted by molar-refractivity contribution is 7.09. The zero-order valence-electron chi connectivity index (χ0n) is 9.78. The quantitative estimate of drug-likeness (QED) is 0.866. The third-order valence-electron chi connectivity index (χ3n) is 2.24. The predicted octanol–water partition coefficient (Wildman–Crippen LogP) is 1.71. The SMILES string of the molecule is CCc1nc(NCc2csc(C)n2)cc(=O)[nH]1. The van der Waals surface area contributed by atoms with E-state index >= 15 is 0 Å². The Balaban J connectivity index is 2.08. The minimum Gasteiger partial charge on any atom is -0.364 e. The van der Waals surface area contributed by atoms with Crippen molar-refractivity contribution in [3.63, 3.8) is 0 Å². The van der Waals surface area contributed by atoms with Crippen LogP contribution in [0.15, 0.2) is 16.2 Å². The molecule has 2 heterocycles. The van der Waals surface area contributed by atoms with Crippen molar-refractivity contribution in [1.82, 2.24) is 15.0 Å². The summed E-state index contributed by atoms with van der Waals surface area (Å²) in [6.07, 6.45) is 0.709. The molecule has 0 aliphatic heterocycles. The van der Waals surface area contributed by atoms with Crippen LogP contribution in [-0.4, -0.2) is 15.0 Å². The van der Waals surface area contributed by atoms with Crippen LogP contribution in [0.4, 0.5) is 5.82 Å². The van der Waals surface area contributed by atoms with Gasteiger partial charge in [-0.1, -0.05) is 6.92 Å².